The summed E-state index contributed by atoms with van der Waals surface area (Å²) in [5.41, 5.74) is 3.78. The van der Waals surface area contributed by atoms with E-state index < -0.39 is 35.2 Å². The topological polar surface area (TPSA) is 85.3 Å². The van der Waals surface area contributed by atoms with Gasteiger partial charge in [-0.2, -0.15) is 0 Å². The summed E-state index contributed by atoms with van der Waals surface area (Å²) in [6.45, 7) is 9.60. The summed E-state index contributed by atoms with van der Waals surface area (Å²) in [5, 5.41) is 10.4. The van der Waals surface area contributed by atoms with E-state index in [0.29, 0.717) is 58.7 Å². The number of carbonyl (C=O) groups excluding carboxylic acids is 1. The number of benzene rings is 3. The Morgan fingerprint density at radius 2 is 1.79 bits per heavy atom. The standard InChI is InChI=1S/C33H35F2NO6/c1-17-14-26-21(11-12-36(26)31(37)23-15-19(40-6)9-10-24(23)34)28(27(17)30(32(38)39)42-33(3,4)5)22-16-25(35)29-20(18(22)2)8-7-13-41-29/h9-10,14-16,30H,7-8,11-13H2,1-6H3,(H,38,39)/t30-/m0/s1. The van der Waals surface area contributed by atoms with Gasteiger partial charge in [0.2, 0.25) is 0 Å². The number of carboxylic acids is 1. The Morgan fingerprint density at radius 1 is 1.05 bits per heavy atom. The van der Waals surface area contributed by atoms with Crippen LogP contribution in [0.1, 0.15) is 71.5 Å². The first-order valence-corrected chi connectivity index (χ1v) is 14.0. The van der Waals surface area contributed by atoms with Crippen LogP contribution < -0.4 is 14.4 Å². The molecule has 1 amide bonds. The van der Waals surface area contributed by atoms with Crippen molar-refractivity contribution in [3.8, 4) is 22.6 Å². The number of hydrogen-bond donors (Lipinski definition) is 1. The average molecular weight is 580 g/mol. The number of aliphatic carboxylic acids is 1. The Balaban J connectivity index is 1.77. The number of nitrogens with zero attached hydrogens (tertiary/aromatic N) is 1. The number of fused-ring (bicyclic) bond motifs is 2. The normalized spacial score (nSPS) is 15.1. The van der Waals surface area contributed by atoms with E-state index in [-0.39, 0.29) is 17.9 Å². The van der Waals surface area contributed by atoms with Crippen LogP contribution in [-0.2, 0) is 22.4 Å². The molecule has 0 saturated heterocycles. The summed E-state index contributed by atoms with van der Waals surface area (Å²) >= 11 is 0. The Bertz CT molecular complexity index is 1590. The van der Waals surface area contributed by atoms with Gasteiger partial charge in [0.15, 0.2) is 17.7 Å². The number of anilines is 1. The van der Waals surface area contributed by atoms with Crippen LogP contribution in [0, 0.1) is 25.5 Å². The highest BCUT2D eigenvalue weighted by Crippen LogP contribution is 2.48. The molecule has 222 valence electrons. The first-order chi connectivity index (χ1) is 19.8. The minimum atomic E-state index is -1.36. The van der Waals surface area contributed by atoms with Crippen molar-refractivity contribution in [3.05, 3.63) is 75.3 Å². The van der Waals surface area contributed by atoms with E-state index in [4.69, 9.17) is 14.2 Å². The van der Waals surface area contributed by atoms with E-state index in [1.807, 2.05) is 6.92 Å². The Labute approximate surface area is 244 Å². The predicted octanol–water partition coefficient (Wildman–Crippen LogP) is 6.73. The van der Waals surface area contributed by atoms with Gasteiger partial charge in [-0.05, 0) is 112 Å². The Morgan fingerprint density at radius 3 is 2.45 bits per heavy atom. The van der Waals surface area contributed by atoms with Gasteiger partial charge in [0.05, 0.1) is 24.9 Å². The van der Waals surface area contributed by atoms with Gasteiger partial charge in [-0.25, -0.2) is 13.6 Å². The van der Waals surface area contributed by atoms with Gasteiger partial charge in [0.1, 0.15) is 11.6 Å². The number of methoxy groups -OCH3 is 1. The Kier molecular flexibility index (Phi) is 7.74. The van der Waals surface area contributed by atoms with Gasteiger partial charge in [-0.1, -0.05) is 0 Å². The maximum Gasteiger partial charge on any atom is 0.337 e. The van der Waals surface area contributed by atoms with E-state index in [1.54, 1.807) is 33.8 Å². The monoisotopic (exact) mass is 579 g/mol. The lowest BCUT2D eigenvalue weighted by Crippen LogP contribution is -2.30. The van der Waals surface area contributed by atoms with Crippen LogP contribution in [0.3, 0.4) is 0 Å². The van der Waals surface area contributed by atoms with Gasteiger partial charge in [-0.15, -0.1) is 0 Å². The van der Waals surface area contributed by atoms with Crippen molar-refractivity contribution in [3.63, 3.8) is 0 Å². The van der Waals surface area contributed by atoms with Crippen molar-refractivity contribution >= 4 is 17.6 Å². The minimum absolute atomic E-state index is 0.141. The van der Waals surface area contributed by atoms with E-state index in [1.165, 1.54) is 36.3 Å². The van der Waals surface area contributed by atoms with Gasteiger partial charge in [-0.3, -0.25) is 4.79 Å². The molecule has 3 aromatic carbocycles. The number of amides is 1. The number of carbonyl (C=O) groups is 2. The van der Waals surface area contributed by atoms with Crippen LogP contribution in [0.4, 0.5) is 14.5 Å². The number of rotatable bonds is 6. The maximum atomic E-state index is 15.6. The molecule has 0 saturated carbocycles. The molecule has 2 aliphatic heterocycles. The average Bonchev–Trinajstić information content (AvgIpc) is 3.36. The highest BCUT2D eigenvalue weighted by atomic mass is 19.1. The molecule has 1 atom stereocenters. The van der Waals surface area contributed by atoms with E-state index in [9.17, 15) is 19.1 Å². The molecule has 0 unspecified atom stereocenters. The zero-order valence-corrected chi connectivity index (χ0v) is 24.7. The molecule has 0 fully saturated rings. The predicted molar refractivity (Wildman–Crippen MR) is 155 cm³/mol. The minimum Gasteiger partial charge on any atom is -0.497 e. The largest absolute Gasteiger partial charge is 0.497 e. The molecule has 3 aromatic rings. The van der Waals surface area contributed by atoms with Gasteiger partial charge < -0.3 is 24.2 Å². The van der Waals surface area contributed by atoms with Crippen LogP contribution in [0.5, 0.6) is 11.5 Å². The maximum absolute atomic E-state index is 15.6. The van der Waals surface area contributed by atoms with Gasteiger partial charge in [0, 0.05) is 23.4 Å². The smallest absolute Gasteiger partial charge is 0.337 e. The van der Waals surface area contributed by atoms with Crippen molar-refractivity contribution in [1.29, 1.82) is 0 Å². The molecule has 1 N–H and O–H groups in total. The number of aryl methyl sites for hydroxylation is 1. The second-order valence-corrected chi connectivity index (χ2v) is 11.8. The molecule has 0 radical (unpaired) electrons. The van der Waals surface area contributed by atoms with Crippen LogP contribution >= 0.6 is 0 Å². The summed E-state index contributed by atoms with van der Waals surface area (Å²) in [6, 6.07) is 7.12. The van der Waals surface area contributed by atoms with E-state index in [0.717, 1.165) is 17.5 Å². The van der Waals surface area contributed by atoms with Gasteiger partial charge in [0.25, 0.3) is 5.91 Å². The first-order valence-electron chi connectivity index (χ1n) is 14.0. The third kappa shape index (κ3) is 5.22. The quantitative estimate of drug-likeness (QED) is 0.349. The summed E-state index contributed by atoms with van der Waals surface area (Å²) in [4.78, 5) is 27.9. The number of halogens is 2. The fourth-order valence-corrected chi connectivity index (χ4v) is 6.00. The molecule has 2 aliphatic rings. The molecule has 0 aromatic heterocycles. The van der Waals surface area contributed by atoms with Crippen molar-refractivity contribution in [1.82, 2.24) is 0 Å². The van der Waals surface area contributed by atoms with Crippen LogP contribution in [0.25, 0.3) is 11.1 Å². The lowest BCUT2D eigenvalue weighted by molar-refractivity contribution is -0.160. The fraction of sp³-hybridized carbons (Fsp3) is 0.394. The molecular weight excluding hydrogens is 544 g/mol. The number of carboxylic acid groups (broad SMARTS) is 1. The van der Waals surface area contributed by atoms with Gasteiger partial charge >= 0.3 is 5.97 Å². The Hall–Kier alpha value is -3.98. The molecule has 0 aliphatic carbocycles. The van der Waals surface area contributed by atoms with Crippen molar-refractivity contribution in [2.24, 2.45) is 0 Å². The highest BCUT2D eigenvalue weighted by molar-refractivity contribution is 6.08. The second kappa shape index (κ2) is 11.0. The third-order valence-electron chi connectivity index (χ3n) is 7.85. The van der Waals surface area contributed by atoms with Crippen molar-refractivity contribution in [2.45, 2.75) is 65.6 Å². The molecule has 42 heavy (non-hydrogen) atoms. The molecule has 2 heterocycles. The molecule has 5 rings (SSSR count). The summed E-state index contributed by atoms with van der Waals surface area (Å²) < 4.78 is 47.4. The highest BCUT2D eigenvalue weighted by Gasteiger charge is 2.37. The summed E-state index contributed by atoms with van der Waals surface area (Å²) in [5.74, 6) is -2.38. The summed E-state index contributed by atoms with van der Waals surface area (Å²) in [6.07, 6.45) is 0.344. The molecular formula is C33H35F2NO6. The number of ether oxygens (including phenoxy) is 3. The molecule has 7 nitrogen and oxygen atoms in total. The first kappa shape index (κ1) is 29.5. The van der Waals surface area contributed by atoms with Crippen LogP contribution in [-0.4, -0.2) is 42.8 Å². The second-order valence-electron chi connectivity index (χ2n) is 11.8. The molecule has 0 bridgehead atoms. The van der Waals surface area contributed by atoms with E-state index >= 15 is 4.39 Å². The van der Waals surface area contributed by atoms with Crippen LogP contribution in [0.2, 0.25) is 0 Å². The lowest BCUT2D eigenvalue weighted by Gasteiger charge is -2.30. The van der Waals surface area contributed by atoms with E-state index in [2.05, 4.69) is 0 Å². The molecule has 9 heteroatoms. The van der Waals surface area contributed by atoms with Crippen molar-refractivity contribution < 1.29 is 37.7 Å². The zero-order valence-electron chi connectivity index (χ0n) is 24.7. The van der Waals surface area contributed by atoms with Crippen molar-refractivity contribution in [2.75, 3.05) is 25.2 Å². The zero-order chi connectivity index (χ0) is 30.5. The molecule has 0 spiro atoms. The number of hydrogen-bond acceptors (Lipinski definition) is 5. The third-order valence-corrected chi connectivity index (χ3v) is 7.85. The van der Waals surface area contributed by atoms with Crippen LogP contribution in [0.15, 0.2) is 30.3 Å². The summed E-state index contributed by atoms with van der Waals surface area (Å²) in [7, 11) is 1.44. The fourth-order valence-electron chi connectivity index (χ4n) is 6.00. The lowest BCUT2D eigenvalue weighted by atomic mass is 9.83. The SMILES string of the molecule is COc1ccc(F)c(C(=O)N2CCc3c2cc(C)c([C@H](OC(C)(C)C)C(=O)O)c3-c2cc(F)c3c(c2C)CCCO3)c1.